The van der Waals surface area contributed by atoms with Gasteiger partial charge in [0, 0.05) is 111 Å². The molecule has 11 aromatic heterocycles. The molecule has 0 atom stereocenters. The van der Waals surface area contributed by atoms with E-state index >= 15 is 0 Å². The second kappa shape index (κ2) is 38.5. The van der Waals surface area contributed by atoms with Crippen molar-refractivity contribution in [3.63, 3.8) is 0 Å². The van der Waals surface area contributed by atoms with E-state index in [0.29, 0.717) is 105 Å². The summed E-state index contributed by atoms with van der Waals surface area (Å²) in [5, 5.41) is 65.6. The van der Waals surface area contributed by atoms with Crippen molar-refractivity contribution in [2.24, 2.45) is 7.05 Å². The number of carbonyl (C=O) groups is 5. The number of rotatable bonds is 22. The number of benzene rings is 4. The average molecular weight is 1560 g/mol. The van der Waals surface area contributed by atoms with Gasteiger partial charge in [0.25, 0.3) is 0 Å². The normalized spacial score (nSPS) is 10.6. The number of hydrogen-bond acceptors (Lipinski definition) is 18. The first-order chi connectivity index (χ1) is 55.2. The number of hydrogen-bond donors (Lipinski definition) is 6. The second-order valence-corrected chi connectivity index (χ2v) is 25.9. The Hall–Kier alpha value is -14.8. The third kappa shape index (κ3) is 21.2. The number of aromatic carboxylic acids is 5. The van der Waals surface area contributed by atoms with E-state index in [1.807, 2.05) is 134 Å². The fourth-order valence-corrected chi connectivity index (χ4v) is 11.8. The summed E-state index contributed by atoms with van der Waals surface area (Å²) in [5.74, 6) is -1.98. The molecule has 15 aromatic rings. The molecule has 0 aliphatic heterocycles. The summed E-state index contributed by atoms with van der Waals surface area (Å²) < 4.78 is 9.45. The van der Waals surface area contributed by atoms with Gasteiger partial charge in [-0.3, -0.25) is 29.9 Å². The molecule has 570 valence electrons. The highest BCUT2D eigenvalue weighted by Crippen LogP contribution is 2.27. The van der Waals surface area contributed by atoms with Crippen LogP contribution in [0.1, 0.15) is 90.9 Å². The number of aliphatic hydroxyl groups excluding tert-OH is 1. The third-order valence-corrected chi connectivity index (χ3v) is 17.9. The molecule has 15 rings (SSSR count). The van der Waals surface area contributed by atoms with Crippen LogP contribution in [0, 0.1) is 18.3 Å². The fourth-order valence-electron chi connectivity index (χ4n) is 11.5. The number of aliphatic hydroxyl groups is 1. The Kier molecular flexibility index (Phi) is 27.1. The van der Waals surface area contributed by atoms with E-state index < -0.39 is 29.8 Å². The van der Waals surface area contributed by atoms with E-state index in [4.69, 9.17) is 48.7 Å². The minimum absolute atomic E-state index is 0.141. The van der Waals surface area contributed by atoms with Crippen molar-refractivity contribution in [1.82, 2.24) is 77.7 Å². The van der Waals surface area contributed by atoms with Crippen LogP contribution in [-0.2, 0) is 52.7 Å². The molecule has 0 saturated heterocycles. The second-order valence-electron chi connectivity index (χ2n) is 25.0. The Labute approximate surface area is 661 Å². The average Bonchev–Trinajstić information content (AvgIpc) is 1.66. The van der Waals surface area contributed by atoms with Crippen LogP contribution in [0.15, 0.2) is 263 Å². The molecule has 28 nitrogen and oxygen atoms in total. The molecule has 0 amide bonds. The Bertz CT molecular complexity index is 5900. The van der Waals surface area contributed by atoms with Crippen molar-refractivity contribution in [3.8, 4) is 75.0 Å². The van der Waals surface area contributed by atoms with Crippen molar-refractivity contribution in [3.05, 3.63) is 340 Å². The number of pyridine rings is 6. The van der Waals surface area contributed by atoms with Crippen molar-refractivity contribution in [2.45, 2.75) is 52.6 Å². The van der Waals surface area contributed by atoms with Crippen LogP contribution in [0.3, 0.4) is 0 Å². The van der Waals surface area contributed by atoms with E-state index in [2.05, 4.69) is 85.2 Å². The molecule has 0 spiro atoms. The fraction of sp³-hybridized carbons (Fsp3) is 0.107. The third-order valence-electron chi connectivity index (χ3n) is 17.4. The maximum atomic E-state index is 11.2. The molecule has 0 fully saturated rings. The van der Waals surface area contributed by atoms with Crippen LogP contribution < -0.4 is 0 Å². The lowest BCUT2D eigenvalue weighted by molar-refractivity contribution is 0.0686. The van der Waals surface area contributed by atoms with E-state index in [0.717, 1.165) is 41.0 Å². The van der Waals surface area contributed by atoms with Crippen LogP contribution in [0.5, 0.6) is 0 Å². The summed E-state index contributed by atoms with van der Waals surface area (Å²) in [6, 6.07) is 53.4. The monoisotopic (exact) mass is 1560 g/mol. The van der Waals surface area contributed by atoms with Gasteiger partial charge in [0.1, 0.15) is 28.5 Å². The first kappa shape index (κ1) is 80.2. The van der Waals surface area contributed by atoms with Crippen molar-refractivity contribution >= 4 is 53.0 Å². The molecular weight excluding hydrogens is 1490 g/mol. The lowest BCUT2D eigenvalue weighted by Gasteiger charge is -2.11. The molecule has 0 saturated carbocycles. The predicted molar refractivity (Wildman–Crippen MR) is 423 cm³/mol. The molecular formula is C84H69Cl2N17O11. The van der Waals surface area contributed by atoms with Crippen LogP contribution in [0.4, 0.5) is 0 Å². The number of nitrogens with zero attached hydrogens (tertiary/aromatic N) is 17. The molecule has 30 heteroatoms. The maximum absolute atomic E-state index is 11.2. The summed E-state index contributed by atoms with van der Waals surface area (Å²) in [5.41, 5.74) is 11.8. The lowest BCUT2D eigenvalue weighted by atomic mass is 10.1. The smallest absolute Gasteiger partial charge is 0.335 e. The van der Waals surface area contributed by atoms with Crippen LogP contribution in [-0.4, -0.2) is 138 Å². The van der Waals surface area contributed by atoms with Gasteiger partial charge < -0.3 is 53.5 Å². The zero-order chi connectivity index (χ0) is 80.6. The van der Waals surface area contributed by atoms with Crippen molar-refractivity contribution in [2.75, 3.05) is 0 Å². The molecule has 0 radical (unpaired) electrons. The lowest BCUT2D eigenvalue weighted by Crippen LogP contribution is -2.08. The molecule has 0 aliphatic carbocycles. The first-order valence-corrected chi connectivity index (χ1v) is 35.6. The van der Waals surface area contributed by atoms with E-state index in [-0.39, 0.29) is 34.4 Å². The summed E-state index contributed by atoms with van der Waals surface area (Å²) >= 11 is 11.8. The molecule has 6 N–H and O–H groups in total. The summed E-state index contributed by atoms with van der Waals surface area (Å²) in [7, 11) is 1.85. The van der Waals surface area contributed by atoms with Crippen molar-refractivity contribution in [1.29, 1.82) is 5.26 Å². The Morgan fingerprint density at radius 3 is 1.24 bits per heavy atom. The number of carboxylic acids is 5. The van der Waals surface area contributed by atoms with Gasteiger partial charge in [0.15, 0.2) is 29.1 Å². The summed E-state index contributed by atoms with van der Waals surface area (Å²) in [6.07, 6.45) is 24.4. The van der Waals surface area contributed by atoms with Gasteiger partial charge in [-0.25, -0.2) is 48.9 Å². The highest BCUT2D eigenvalue weighted by molar-refractivity contribution is 6.30. The quantitative estimate of drug-likeness (QED) is 0.0367. The predicted octanol–water partition coefficient (Wildman–Crippen LogP) is 14.4. The number of nitriles is 1. The Morgan fingerprint density at radius 1 is 0.395 bits per heavy atom. The van der Waals surface area contributed by atoms with E-state index in [9.17, 15) is 34.3 Å². The molecule has 11 heterocycles. The zero-order valence-electron chi connectivity index (χ0n) is 60.9. The highest BCUT2D eigenvalue weighted by Gasteiger charge is 2.19. The number of aromatic nitrogens is 16. The van der Waals surface area contributed by atoms with Gasteiger partial charge in [-0.1, -0.05) is 102 Å². The summed E-state index contributed by atoms with van der Waals surface area (Å²) in [6.45, 7) is 4.30. The minimum atomic E-state index is -1.02. The number of halogens is 2. The first-order valence-electron chi connectivity index (χ1n) is 34.8. The Morgan fingerprint density at radius 2 is 0.789 bits per heavy atom. The van der Waals surface area contributed by atoms with Crippen LogP contribution in [0.25, 0.3) is 69.0 Å². The number of aryl methyl sites for hydroxylation is 4. The maximum Gasteiger partial charge on any atom is 0.335 e. The molecule has 0 aliphatic rings. The largest absolute Gasteiger partial charge is 0.478 e. The van der Waals surface area contributed by atoms with Gasteiger partial charge in [-0.15, -0.1) is 0 Å². The number of imidazole rings is 5. The van der Waals surface area contributed by atoms with Crippen LogP contribution >= 0.6 is 23.2 Å². The number of carboxylic acid groups (broad SMARTS) is 5. The standard InChI is InChI=1S/C18H16ClN3O3.C17H14ClN3O2.C17H12N4O2.C17H15N3O2.C15H12N4O2/c19-14-3-1-12(2-4-14)6-8-22-15(11-23)10-21-17(22)16-9-13(18(24)25)5-7-20-16;18-14-3-1-12(2-4-14)6-9-21-10-8-20-16(21)15-11-13(17(22)23)5-7-19-15;18-10-13-3-1-2-4-14(13)11-21-8-7-20-16(21)15-9-12(17(22)23)5-6-19-15;1-12-2-4-13(5-3-12)11-20-9-8-19-16(20)15-10-14(17(21)22)6-7-18-15;1-19-13(11-4-2-3-6-16-11)9-18-14(19)12-8-10(15(20)21)5-7-17-12/h1-5,7,9-10,23H,6,8,11H2,(H,24,25);1-5,7-8,10-11H,6,9H2,(H,22,23);1-9H,11H2,(H,22,23);2-10H,11H2,1H3,(H,21,22);2-9H,1H3,(H,20,21). The Balaban J connectivity index is 0.000000141. The van der Waals surface area contributed by atoms with Crippen molar-refractivity contribution < 1.29 is 54.6 Å². The molecule has 0 bridgehead atoms. The van der Waals surface area contributed by atoms with Gasteiger partial charge >= 0.3 is 29.8 Å². The van der Waals surface area contributed by atoms with Gasteiger partial charge in [0.2, 0.25) is 0 Å². The minimum Gasteiger partial charge on any atom is -0.478 e. The van der Waals surface area contributed by atoms with Gasteiger partial charge in [-0.05, 0) is 145 Å². The molecule has 0 unspecified atom stereocenters. The SMILES string of the molecule is Cc1ccc(Cn2ccnc2-c2cc(C(=O)O)ccn2)cc1.Cn1c(-c2ccccn2)cnc1-c1cc(C(=O)O)ccn1.N#Cc1ccccc1Cn1ccnc1-c1cc(C(=O)O)ccn1.O=C(O)c1ccnc(-c2ncc(CO)n2CCc2ccc(Cl)cc2)c1.O=C(O)c1ccnc(-c2nccn2CCc2ccc(Cl)cc2)c1. The zero-order valence-corrected chi connectivity index (χ0v) is 62.4. The highest BCUT2D eigenvalue weighted by atomic mass is 35.5. The van der Waals surface area contributed by atoms with E-state index in [1.54, 1.807) is 49.4 Å². The molecule has 114 heavy (non-hydrogen) atoms. The van der Waals surface area contributed by atoms with Gasteiger partial charge in [0.05, 0.1) is 82.1 Å². The topological polar surface area (TPSA) is 397 Å². The van der Waals surface area contributed by atoms with Crippen LogP contribution in [0.2, 0.25) is 10.0 Å². The summed E-state index contributed by atoms with van der Waals surface area (Å²) in [4.78, 5) is 102. The van der Waals surface area contributed by atoms with Gasteiger partial charge in [-0.2, -0.15) is 5.26 Å². The van der Waals surface area contributed by atoms with E-state index in [1.165, 1.54) is 103 Å². The molecule has 4 aromatic carbocycles.